The fourth-order valence-corrected chi connectivity index (χ4v) is 1.20. The molecule has 0 saturated heterocycles. The van der Waals surface area contributed by atoms with Crippen LogP contribution in [0.25, 0.3) is 0 Å². The van der Waals surface area contributed by atoms with Crippen molar-refractivity contribution in [1.82, 2.24) is 0 Å². The number of Topliss-reactive ketones (excluding diaryl/α,β-unsaturated/α-hetero) is 1. The maximum absolute atomic E-state index is 10.6. The molecule has 2 unspecified atom stereocenters. The maximum atomic E-state index is 10.6. The van der Waals surface area contributed by atoms with Crippen molar-refractivity contribution in [2.45, 2.75) is 52.6 Å². The Balaban J connectivity index is 3.55. The number of carbonyl (C=O) groups excluding carboxylic acids is 1. The zero-order valence-corrected chi connectivity index (χ0v) is 8.34. The number of hydrogen-bond donors (Lipinski definition) is 1. The third kappa shape index (κ3) is 5.30. The Morgan fingerprint density at radius 2 is 2.00 bits per heavy atom. The first-order valence-corrected chi connectivity index (χ1v) is 4.75. The molecule has 0 bridgehead atoms. The lowest BCUT2D eigenvalue weighted by Gasteiger charge is -2.17. The molecule has 0 saturated carbocycles. The molecule has 72 valence electrons. The second-order valence-corrected chi connectivity index (χ2v) is 3.57. The largest absolute Gasteiger partial charge is 0.393 e. The summed E-state index contributed by atoms with van der Waals surface area (Å²) in [5.74, 6) is 0.472. The first-order chi connectivity index (χ1) is 5.57. The third-order valence-electron chi connectivity index (χ3n) is 2.19. The summed E-state index contributed by atoms with van der Waals surface area (Å²) >= 11 is 0. The number of aliphatic hydroxyl groups excluding tert-OH is 1. The molecule has 0 heterocycles. The van der Waals surface area contributed by atoms with Gasteiger partial charge in [0.25, 0.3) is 0 Å². The van der Waals surface area contributed by atoms with Crippen LogP contribution in [0.1, 0.15) is 46.5 Å². The Hall–Kier alpha value is -0.370. The standard InChI is InChI=1S/C10H20O2/c1-4-5-10(12)8(2)6-7-9(3)11/h8,10,12H,4-7H2,1-3H3. The Morgan fingerprint density at radius 3 is 2.42 bits per heavy atom. The molecule has 0 rings (SSSR count). The van der Waals surface area contributed by atoms with Gasteiger partial charge in [0.05, 0.1) is 6.10 Å². The zero-order valence-electron chi connectivity index (χ0n) is 8.34. The van der Waals surface area contributed by atoms with Gasteiger partial charge in [0.1, 0.15) is 5.78 Å². The van der Waals surface area contributed by atoms with E-state index in [-0.39, 0.29) is 17.8 Å². The van der Waals surface area contributed by atoms with Gasteiger partial charge in [-0.15, -0.1) is 0 Å². The number of ketones is 1. The van der Waals surface area contributed by atoms with E-state index in [1.54, 1.807) is 6.92 Å². The molecular weight excluding hydrogens is 152 g/mol. The van der Waals surface area contributed by atoms with Crippen LogP contribution in [-0.2, 0) is 4.79 Å². The molecule has 0 aliphatic carbocycles. The third-order valence-corrected chi connectivity index (χ3v) is 2.19. The van der Waals surface area contributed by atoms with Crippen molar-refractivity contribution in [2.75, 3.05) is 0 Å². The Kier molecular flexibility index (Phi) is 5.99. The number of rotatable bonds is 6. The molecule has 0 aliphatic heterocycles. The predicted octanol–water partition coefficient (Wildman–Crippen LogP) is 2.15. The first-order valence-electron chi connectivity index (χ1n) is 4.75. The summed E-state index contributed by atoms with van der Waals surface area (Å²) in [6.45, 7) is 5.66. The molecule has 12 heavy (non-hydrogen) atoms. The minimum Gasteiger partial charge on any atom is -0.393 e. The average molecular weight is 172 g/mol. The molecule has 2 atom stereocenters. The normalized spacial score (nSPS) is 15.7. The summed E-state index contributed by atoms with van der Waals surface area (Å²) in [7, 11) is 0. The molecule has 0 aromatic heterocycles. The average Bonchev–Trinajstić information content (AvgIpc) is 2.00. The van der Waals surface area contributed by atoms with Crippen molar-refractivity contribution < 1.29 is 9.90 Å². The molecule has 0 aromatic carbocycles. The van der Waals surface area contributed by atoms with Gasteiger partial charge in [-0.3, -0.25) is 0 Å². The first kappa shape index (κ1) is 11.6. The second kappa shape index (κ2) is 6.18. The molecule has 1 N–H and O–H groups in total. The summed E-state index contributed by atoms with van der Waals surface area (Å²) < 4.78 is 0. The predicted molar refractivity (Wildman–Crippen MR) is 50.0 cm³/mol. The van der Waals surface area contributed by atoms with Gasteiger partial charge in [-0.25, -0.2) is 0 Å². The van der Waals surface area contributed by atoms with Crippen molar-refractivity contribution in [3.8, 4) is 0 Å². The molecule has 2 heteroatoms. The van der Waals surface area contributed by atoms with Gasteiger partial charge >= 0.3 is 0 Å². The van der Waals surface area contributed by atoms with Crippen LogP contribution in [-0.4, -0.2) is 17.0 Å². The lowest BCUT2D eigenvalue weighted by atomic mass is 9.95. The minimum atomic E-state index is -0.227. The van der Waals surface area contributed by atoms with Gasteiger partial charge in [-0.05, 0) is 25.7 Å². The fourth-order valence-electron chi connectivity index (χ4n) is 1.20. The van der Waals surface area contributed by atoms with E-state index in [9.17, 15) is 9.90 Å². The van der Waals surface area contributed by atoms with E-state index in [1.807, 2.05) is 6.92 Å². The maximum Gasteiger partial charge on any atom is 0.129 e. The van der Waals surface area contributed by atoms with E-state index < -0.39 is 0 Å². The highest BCUT2D eigenvalue weighted by Crippen LogP contribution is 2.14. The molecule has 0 aromatic rings. The van der Waals surface area contributed by atoms with Gasteiger partial charge < -0.3 is 9.90 Å². The van der Waals surface area contributed by atoms with Crippen LogP contribution in [0.5, 0.6) is 0 Å². The number of aliphatic hydroxyl groups is 1. The van der Waals surface area contributed by atoms with Gasteiger partial charge in [-0.2, -0.15) is 0 Å². The minimum absolute atomic E-state index is 0.213. The molecule has 2 nitrogen and oxygen atoms in total. The van der Waals surface area contributed by atoms with Crippen molar-refractivity contribution in [2.24, 2.45) is 5.92 Å². The molecule has 0 spiro atoms. The van der Waals surface area contributed by atoms with Gasteiger partial charge in [0, 0.05) is 6.42 Å². The van der Waals surface area contributed by atoms with Crippen LogP contribution in [0.3, 0.4) is 0 Å². The SMILES string of the molecule is CCCC(O)C(C)CCC(C)=O. The van der Waals surface area contributed by atoms with Crippen LogP contribution < -0.4 is 0 Å². The molecule has 0 amide bonds. The van der Waals surface area contributed by atoms with E-state index >= 15 is 0 Å². The van der Waals surface area contributed by atoms with Crippen molar-refractivity contribution in [1.29, 1.82) is 0 Å². The van der Waals surface area contributed by atoms with Gasteiger partial charge in [0.15, 0.2) is 0 Å². The van der Waals surface area contributed by atoms with E-state index in [2.05, 4.69) is 6.92 Å². The molecule has 0 aliphatic rings. The van der Waals surface area contributed by atoms with E-state index in [4.69, 9.17) is 0 Å². The highest BCUT2D eigenvalue weighted by molar-refractivity contribution is 5.75. The Morgan fingerprint density at radius 1 is 1.42 bits per heavy atom. The Labute approximate surface area is 75.0 Å². The highest BCUT2D eigenvalue weighted by Gasteiger charge is 2.13. The van der Waals surface area contributed by atoms with Crippen LogP contribution >= 0.6 is 0 Å². The van der Waals surface area contributed by atoms with Crippen LogP contribution in [0.4, 0.5) is 0 Å². The van der Waals surface area contributed by atoms with E-state index in [1.165, 1.54) is 0 Å². The topological polar surface area (TPSA) is 37.3 Å². The van der Waals surface area contributed by atoms with Gasteiger partial charge in [-0.1, -0.05) is 20.3 Å². The van der Waals surface area contributed by atoms with E-state index in [0.717, 1.165) is 19.3 Å². The lowest BCUT2D eigenvalue weighted by Crippen LogP contribution is -2.17. The quantitative estimate of drug-likeness (QED) is 0.666. The zero-order chi connectivity index (χ0) is 9.56. The molecule has 0 fully saturated rings. The smallest absolute Gasteiger partial charge is 0.129 e. The summed E-state index contributed by atoms with van der Waals surface area (Å²) in [5.41, 5.74) is 0. The van der Waals surface area contributed by atoms with Crippen LogP contribution in [0.15, 0.2) is 0 Å². The summed E-state index contributed by atoms with van der Waals surface area (Å²) in [6.07, 6.45) is 3.04. The summed E-state index contributed by atoms with van der Waals surface area (Å²) in [4.78, 5) is 10.6. The Bertz CT molecular complexity index is 132. The van der Waals surface area contributed by atoms with Crippen LogP contribution in [0, 0.1) is 5.92 Å². The fraction of sp³-hybridized carbons (Fsp3) is 0.900. The number of hydrogen-bond acceptors (Lipinski definition) is 2. The van der Waals surface area contributed by atoms with Crippen LogP contribution in [0.2, 0.25) is 0 Å². The molecular formula is C10H20O2. The lowest BCUT2D eigenvalue weighted by molar-refractivity contribution is -0.117. The summed E-state index contributed by atoms with van der Waals surface area (Å²) in [5, 5.41) is 9.52. The van der Waals surface area contributed by atoms with Crippen molar-refractivity contribution in [3.63, 3.8) is 0 Å². The van der Waals surface area contributed by atoms with Gasteiger partial charge in [0.2, 0.25) is 0 Å². The van der Waals surface area contributed by atoms with E-state index in [0.29, 0.717) is 6.42 Å². The van der Waals surface area contributed by atoms with Crippen molar-refractivity contribution >= 4 is 5.78 Å². The monoisotopic (exact) mass is 172 g/mol. The summed E-state index contributed by atoms with van der Waals surface area (Å²) in [6, 6.07) is 0. The number of carbonyl (C=O) groups is 1. The van der Waals surface area contributed by atoms with Crippen molar-refractivity contribution in [3.05, 3.63) is 0 Å². The second-order valence-electron chi connectivity index (χ2n) is 3.57. The highest BCUT2D eigenvalue weighted by atomic mass is 16.3. The molecule has 0 radical (unpaired) electrons.